The minimum absolute atomic E-state index is 0.103. The van der Waals surface area contributed by atoms with E-state index in [1.54, 1.807) is 6.92 Å². The van der Waals surface area contributed by atoms with E-state index >= 15 is 0 Å². The van der Waals surface area contributed by atoms with Gasteiger partial charge in [-0.15, -0.1) is 0 Å². The Labute approximate surface area is 109 Å². The zero-order chi connectivity index (χ0) is 14.0. The zero-order valence-electron chi connectivity index (χ0n) is 10.2. The maximum Gasteiger partial charge on any atom is 0.255 e. The first-order chi connectivity index (χ1) is 8.99. The van der Waals surface area contributed by atoms with E-state index in [0.29, 0.717) is 5.56 Å². The lowest BCUT2D eigenvalue weighted by molar-refractivity contribution is 0.102. The van der Waals surface area contributed by atoms with E-state index in [1.807, 2.05) is 0 Å². The number of hydrogen-bond donors (Lipinski definition) is 2. The fourth-order valence-corrected chi connectivity index (χ4v) is 1.59. The predicted octanol–water partition coefficient (Wildman–Crippen LogP) is 3.11. The Morgan fingerprint density at radius 3 is 2.53 bits per heavy atom. The normalized spacial score (nSPS) is 10.3. The summed E-state index contributed by atoms with van der Waals surface area (Å²) in [5.41, 5.74) is 6.12. The van der Waals surface area contributed by atoms with Gasteiger partial charge in [0.05, 0.1) is 5.69 Å². The molecule has 5 heteroatoms. The second-order valence-corrected chi connectivity index (χ2v) is 4.12. The van der Waals surface area contributed by atoms with E-state index in [-0.39, 0.29) is 16.9 Å². The van der Waals surface area contributed by atoms with Crippen LogP contribution in [0.2, 0.25) is 0 Å². The molecule has 19 heavy (non-hydrogen) atoms. The Bertz CT molecular complexity index is 621. The predicted molar refractivity (Wildman–Crippen MR) is 69.9 cm³/mol. The molecule has 3 nitrogen and oxygen atoms in total. The van der Waals surface area contributed by atoms with Crippen LogP contribution in [0.5, 0.6) is 0 Å². The summed E-state index contributed by atoms with van der Waals surface area (Å²) >= 11 is 0. The highest BCUT2D eigenvalue weighted by Gasteiger charge is 2.12. The van der Waals surface area contributed by atoms with Crippen LogP contribution in [0.25, 0.3) is 0 Å². The maximum absolute atomic E-state index is 13.5. The molecule has 0 radical (unpaired) electrons. The van der Waals surface area contributed by atoms with Crippen LogP contribution in [-0.2, 0) is 0 Å². The Kier molecular flexibility index (Phi) is 3.46. The van der Waals surface area contributed by atoms with E-state index in [2.05, 4.69) is 5.32 Å². The number of rotatable bonds is 2. The number of carbonyl (C=O) groups excluding carboxylic acids is 1. The van der Waals surface area contributed by atoms with Gasteiger partial charge in [0.15, 0.2) is 0 Å². The maximum atomic E-state index is 13.5. The van der Waals surface area contributed by atoms with E-state index in [9.17, 15) is 13.6 Å². The van der Waals surface area contributed by atoms with Crippen molar-refractivity contribution in [3.8, 4) is 0 Å². The molecule has 0 fully saturated rings. The number of aryl methyl sites for hydroxylation is 1. The third-order valence-corrected chi connectivity index (χ3v) is 2.72. The Balaban J connectivity index is 2.28. The molecule has 0 heterocycles. The molecular weight excluding hydrogens is 250 g/mol. The zero-order valence-corrected chi connectivity index (χ0v) is 10.2. The second kappa shape index (κ2) is 5.06. The van der Waals surface area contributed by atoms with Gasteiger partial charge in [0.2, 0.25) is 0 Å². The molecule has 0 atom stereocenters. The van der Waals surface area contributed by atoms with E-state index in [4.69, 9.17) is 5.73 Å². The summed E-state index contributed by atoms with van der Waals surface area (Å²) in [7, 11) is 0. The molecule has 2 aromatic rings. The van der Waals surface area contributed by atoms with Gasteiger partial charge in [-0.05, 0) is 36.8 Å². The topological polar surface area (TPSA) is 55.1 Å². The number of nitrogens with two attached hydrogens (primary N) is 1. The van der Waals surface area contributed by atoms with Crippen molar-refractivity contribution in [1.82, 2.24) is 0 Å². The number of para-hydroxylation sites is 1. The highest BCUT2D eigenvalue weighted by atomic mass is 19.1. The average molecular weight is 262 g/mol. The summed E-state index contributed by atoms with van der Waals surface area (Å²) in [4.78, 5) is 11.9. The molecular formula is C14H12F2N2O. The lowest BCUT2D eigenvalue weighted by Crippen LogP contribution is -2.14. The van der Waals surface area contributed by atoms with Crippen LogP contribution in [-0.4, -0.2) is 5.91 Å². The lowest BCUT2D eigenvalue weighted by atomic mass is 10.1. The summed E-state index contributed by atoms with van der Waals surface area (Å²) in [5.74, 6) is -1.74. The minimum atomic E-state index is -0.638. The first-order valence-corrected chi connectivity index (χ1v) is 5.60. The number of nitrogen functional groups attached to an aromatic ring is 1. The molecule has 2 rings (SSSR count). The van der Waals surface area contributed by atoms with Crippen LogP contribution >= 0.6 is 0 Å². The molecule has 0 spiro atoms. The van der Waals surface area contributed by atoms with Gasteiger partial charge >= 0.3 is 0 Å². The van der Waals surface area contributed by atoms with E-state index in [1.165, 1.54) is 30.3 Å². The van der Waals surface area contributed by atoms with Gasteiger partial charge in [0, 0.05) is 5.56 Å². The van der Waals surface area contributed by atoms with Gasteiger partial charge < -0.3 is 11.1 Å². The Hall–Kier alpha value is -2.43. The number of anilines is 2. The molecule has 3 N–H and O–H groups in total. The van der Waals surface area contributed by atoms with Crippen LogP contribution in [0.1, 0.15) is 15.9 Å². The van der Waals surface area contributed by atoms with Gasteiger partial charge in [0.1, 0.15) is 17.3 Å². The molecule has 98 valence electrons. The van der Waals surface area contributed by atoms with E-state index < -0.39 is 17.5 Å². The third kappa shape index (κ3) is 2.70. The minimum Gasteiger partial charge on any atom is -0.397 e. The summed E-state index contributed by atoms with van der Waals surface area (Å²) in [6, 6.07) is 8.13. The van der Waals surface area contributed by atoms with Crippen molar-refractivity contribution >= 4 is 17.3 Å². The smallest absolute Gasteiger partial charge is 0.255 e. The Morgan fingerprint density at radius 1 is 1.16 bits per heavy atom. The largest absolute Gasteiger partial charge is 0.397 e. The third-order valence-electron chi connectivity index (χ3n) is 2.72. The van der Waals surface area contributed by atoms with Crippen LogP contribution in [0, 0.1) is 18.6 Å². The fourth-order valence-electron chi connectivity index (χ4n) is 1.59. The van der Waals surface area contributed by atoms with Crippen LogP contribution < -0.4 is 11.1 Å². The second-order valence-electron chi connectivity index (χ2n) is 4.12. The van der Waals surface area contributed by atoms with Crippen molar-refractivity contribution in [2.75, 3.05) is 11.1 Å². The number of nitrogens with one attached hydrogen (secondary N) is 1. The highest BCUT2D eigenvalue weighted by Crippen LogP contribution is 2.22. The van der Waals surface area contributed by atoms with Crippen LogP contribution in [0.3, 0.4) is 0 Å². The number of hydrogen-bond acceptors (Lipinski definition) is 2. The number of amides is 1. The van der Waals surface area contributed by atoms with Gasteiger partial charge in [0.25, 0.3) is 5.91 Å². The fraction of sp³-hybridized carbons (Fsp3) is 0.0714. The summed E-state index contributed by atoms with van der Waals surface area (Å²) in [5, 5.41) is 2.34. The SMILES string of the molecule is Cc1ccc(C(=O)Nc2c(N)cccc2F)cc1F. The quantitative estimate of drug-likeness (QED) is 0.817. The first-order valence-electron chi connectivity index (χ1n) is 5.60. The number of halogens is 2. The summed E-state index contributed by atoms with van der Waals surface area (Å²) < 4.78 is 26.9. The molecule has 0 aliphatic heterocycles. The molecule has 0 aliphatic carbocycles. The lowest BCUT2D eigenvalue weighted by Gasteiger charge is -2.09. The van der Waals surface area contributed by atoms with Crippen molar-refractivity contribution < 1.29 is 13.6 Å². The molecule has 0 saturated carbocycles. The monoisotopic (exact) mass is 262 g/mol. The number of benzene rings is 2. The van der Waals surface area contributed by atoms with Crippen molar-refractivity contribution in [2.24, 2.45) is 0 Å². The van der Waals surface area contributed by atoms with Crippen molar-refractivity contribution in [3.05, 3.63) is 59.2 Å². The van der Waals surface area contributed by atoms with Crippen molar-refractivity contribution in [2.45, 2.75) is 6.92 Å². The molecule has 1 amide bonds. The molecule has 0 aromatic heterocycles. The molecule has 0 aliphatic rings. The first kappa shape index (κ1) is 13.0. The Morgan fingerprint density at radius 2 is 1.89 bits per heavy atom. The van der Waals surface area contributed by atoms with Gasteiger partial charge in [-0.25, -0.2) is 8.78 Å². The summed E-state index contributed by atoms with van der Waals surface area (Å²) in [6.45, 7) is 1.59. The van der Waals surface area contributed by atoms with Crippen LogP contribution in [0.4, 0.5) is 20.2 Å². The van der Waals surface area contributed by atoms with Crippen LogP contribution in [0.15, 0.2) is 36.4 Å². The van der Waals surface area contributed by atoms with Gasteiger partial charge in [-0.2, -0.15) is 0 Å². The molecule has 0 unspecified atom stereocenters. The van der Waals surface area contributed by atoms with Gasteiger partial charge in [-0.3, -0.25) is 4.79 Å². The number of carbonyl (C=O) groups is 1. The highest BCUT2D eigenvalue weighted by molar-refractivity contribution is 6.05. The van der Waals surface area contributed by atoms with Crippen molar-refractivity contribution in [3.63, 3.8) is 0 Å². The van der Waals surface area contributed by atoms with E-state index in [0.717, 1.165) is 6.07 Å². The molecule has 2 aromatic carbocycles. The summed E-state index contributed by atoms with van der Waals surface area (Å²) in [6.07, 6.45) is 0. The molecule has 0 bridgehead atoms. The average Bonchev–Trinajstić information content (AvgIpc) is 2.37. The van der Waals surface area contributed by atoms with Crippen molar-refractivity contribution in [1.29, 1.82) is 0 Å². The van der Waals surface area contributed by atoms with Gasteiger partial charge in [-0.1, -0.05) is 12.1 Å². The molecule has 0 saturated heterocycles. The standard InChI is InChI=1S/C14H12F2N2O/c1-8-5-6-9(7-11(8)16)14(19)18-13-10(15)3-2-4-12(13)17/h2-7H,17H2,1H3,(H,18,19).